The number of halogens is 1. The molecule has 1 aliphatic rings. The van der Waals surface area contributed by atoms with E-state index in [1.54, 1.807) is 0 Å². The molecule has 1 aliphatic heterocycles. The van der Waals surface area contributed by atoms with E-state index in [2.05, 4.69) is 4.72 Å². The lowest BCUT2D eigenvalue weighted by atomic mass is 10.1. The Hall–Kier alpha value is -0.980. The number of hydrogen-bond acceptors (Lipinski definition) is 3. The Labute approximate surface area is 106 Å². The Kier molecular flexibility index (Phi) is 4.31. The summed E-state index contributed by atoms with van der Waals surface area (Å²) in [5.41, 5.74) is 0. The molecule has 18 heavy (non-hydrogen) atoms. The topological polar surface area (TPSA) is 55.4 Å². The average molecular weight is 273 g/mol. The highest BCUT2D eigenvalue weighted by molar-refractivity contribution is 7.89. The molecule has 4 nitrogen and oxygen atoms in total. The Morgan fingerprint density at radius 2 is 2.06 bits per heavy atom. The second kappa shape index (κ2) is 5.77. The third-order valence-corrected chi connectivity index (χ3v) is 4.47. The summed E-state index contributed by atoms with van der Waals surface area (Å²) < 4.78 is 44.1. The number of benzene rings is 1. The second-order valence-electron chi connectivity index (χ2n) is 4.37. The van der Waals surface area contributed by atoms with Crippen molar-refractivity contribution in [1.82, 2.24) is 4.72 Å². The van der Waals surface area contributed by atoms with Crippen molar-refractivity contribution in [2.24, 2.45) is 5.92 Å². The average Bonchev–Trinajstić information content (AvgIpc) is 2.82. The van der Waals surface area contributed by atoms with E-state index in [1.807, 2.05) is 0 Å². The normalized spacial score (nSPS) is 20.2. The summed E-state index contributed by atoms with van der Waals surface area (Å²) in [6.07, 6.45) is 1.75. The van der Waals surface area contributed by atoms with Crippen LogP contribution in [0, 0.1) is 11.7 Å². The molecule has 1 aromatic carbocycles. The first-order valence-electron chi connectivity index (χ1n) is 5.91. The highest BCUT2D eigenvalue weighted by Crippen LogP contribution is 2.16. The first-order valence-corrected chi connectivity index (χ1v) is 7.39. The predicted molar refractivity (Wildman–Crippen MR) is 65.1 cm³/mol. The van der Waals surface area contributed by atoms with Crippen LogP contribution < -0.4 is 4.72 Å². The van der Waals surface area contributed by atoms with Gasteiger partial charge in [-0.3, -0.25) is 0 Å². The summed E-state index contributed by atoms with van der Waals surface area (Å²) in [5.74, 6) is -0.0158. The minimum absolute atomic E-state index is 0.0894. The zero-order valence-corrected chi connectivity index (χ0v) is 10.7. The van der Waals surface area contributed by atoms with Gasteiger partial charge < -0.3 is 4.74 Å². The number of rotatable bonds is 5. The van der Waals surface area contributed by atoms with Crippen molar-refractivity contribution in [3.05, 3.63) is 30.1 Å². The molecular weight excluding hydrogens is 257 g/mol. The van der Waals surface area contributed by atoms with Crippen LogP contribution in [0.15, 0.2) is 29.2 Å². The predicted octanol–water partition coefficient (Wildman–Crippen LogP) is 1.53. The van der Waals surface area contributed by atoms with Crippen molar-refractivity contribution in [2.75, 3.05) is 19.8 Å². The maximum Gasteiger partial charge on any atom is 0.240 e. The smallest absolute Gasteiger partial charge is 0.240 e. The van der Waals surface area contributed by atoms with Gasteiger partial charge in [-0.05, 0) is 43.0 Å². The van der Waals surface area contributed by atoms with Crippen LogP contribution in [0.25, 0.3) is 0 Å². The molecule has 0 aromatic heterocycles. The van der Waals surface area contributed by atoms with E-state index >= 15 is 0 Å². The first kappa shape index (κ1) is 13.5. The standard InChI is InChI=1S/C12H16FNO3S/c13-11-1-3-12(4-2-11)18(15,16)14-7-5-10-6-8-17-9-10/h1-4,10,14H,5-9H2. The van der Waals surface area contributed by atoms with E-state index in [-0.39, 0.29) is 4.90 Å². The van der Waals surface area contributed by atoms with Crippen molar-refractivity contribution >= 4 is 10.0 Å². The largest absolute Gasteiger partial charge is 0.381 e. The van der Waals surface area contributed by atoms with Gasteiger partial charge in [-0.1, -0.05) is 0 Å². The quantitative estimate of drug-likeness (QED) is 0.885. The van der Waals surface area contributed by atoms with Crippen LogP contribution in [0.2, 0.25) is 0 Å². The van der Waals surface area contributed by atoms with Gasteiger partial charge in [-0.25, -0.2) is 17.5 Å². The number of nitrogens with one attached hydrogen (secondary N) is 1. The molecule has 0 amide bonds. The lowest BCUT2D eigenvalue weighted by Gasteiger charge is -2.09. The van der Waals surface area contributed by atoms with Gasteiger partial charge in [0.05, 0.1) is 4.90 Å². The van der Waals surface area contributed by atoms with E-state index in [4.69, 9.17) is 4.74 Å². The van der Waals surface area contributed by atoms with Crippen LogP contribution in [0.1, 0.15) is 12.8 Å². The molecule has 1 fully saturated rings. The summed E-state index contributed by atoms with van der Waals surface area (Å²) in [6, 6.07) is 4.80. The minimum atomic E-state index is -3.53. The van der Waals surface area contributed by atoms with E-state index in [0.29, 0.717) is 19.1 Å². The SMILES string of the molecule is O=S(=O)(NCCC1CCOC1)c1ccc(F)cc1. The second-order valence-corrected chi connectivity index (χ2v) is 6.14. The van der Waals surface area contributed by atoms with Crippen LogP contribution in [-0.2, 0) is 14.8 Å². The van der Waals surface area contributed by atoms with Gasteiger partial charge >= 0.3 is 0 Å². The Morgan fingerprint density at radius 3 is 2.67 bits per heavy atom. The Balaban J connectivity index is 1.88. The molecule has 1 saturated heterocycles. The molecule has 2 rings (SSSR count). The lowest BCUT2D eigenvalue weighted by molar-refractivity contribution is 0.184. The molecule has 6 heteroatoms. The van der Waals surface area contributed by atoms with E-state index in [0.717, 1.165) is 31.6 Å². The van der Waals surface area contributed by atoms with Gasteiger partial charge in [0.1, 0.15) is 5.82 Å². The van der Waals surface area contributed by atoms with Gasteiger partial charge in [0.25, 0.3) is 0 Å². The highest BCUT2D eigenvalue weighted by Gasteiger charge is 2.18. The third kappa shape index (κ3) is 3.51. The lowest BCUT2D eigenvalue weighted by Crippen LogP contribution is -2.26. The van der Waals surface area contributed by atoms with Gasteiger partial charge in [-0.15, -0.1) is 0 Å². The number of ether oxygens (including phenoxy) is 1. The van der Waals surface area contributed by atoms with Crippen molar-refractivity contribution in [1.29, 1.82) is 0 Å². The molecule has 1 unspecified atom stereocenters. The number of sulfonamides is 1. The summed E-state index contributed by atoms with van der Waals surface area (Å²) in [6.45, 7) is 1.85. The van der Waals surface area contributed by atoms with E-state index in [9.17, 15) is 12.8 Å². The molecule has 1 aromatic rings. The fraction of sp³-hybridized carbons (Fsp3) is 0.500. The minimum Gasteiger partial charge on any atom is -0.381 e. The fourth-order valence-corrected chi connectivity index (χ4v) is 2.95. The molecule has 0 saturated carbocycles. The van der Waals surface area contributed by atoms with Crippen LogP contribution >= 0.6 is 0 Å². The summed E-state index contributed by atoms with van der Waals surface area (Å²) in [7, 11) is -3.53. The zero-order valence-electron chi connectivity index (χ0n) is 9.93. The zero-order chi connectivity index (χ0) is 13.0. The highest BCUT2D eigenvalue weighted by atomic mass is 32.2. The maximum atomic E-state index is 12.7. The summed E-state index contributed by atoms with van der Waals surface area (Å²) in [4.78, 5) is 0.0894. The van der Waals surface area contributed by atoms with E-state index in [1.165, 1.54) is 12.1 Å². The van der Waals surface area contributed by atoms with Crippen molar-refractivity contribution < 1.29 is 17.5 Å². The molecular formula is C12H16FNO3S. The Morgan fingerprint density at radius 1 is 1.33 bits per heavy atom. The molecule has 100 valence electrons. The third-order valence-electron chi connectivity index (χ3n) is 2.99. The van der Waals surface area contributed by atoms with Gasteiger partial charge in [0, 0.05) is 19.8 Å². The van der Waals surface area contributed by atoms with Crippen LogP contribution in [0.5, 0.6) is 0 Å². The summed E-state index contributed by atoms with van der Waals surface area (Å²) >= 11 is 0. The molecule has 0 aliphatic carbocycles. The molecule has 0 spiro atoms. The Bertz CT molecular complexity index is 481. The van der Waals surface area contributed by atoms with Gasteiger partial charge in [0.2, 0.25) is 10.0 Å². The number of hydrogen-bond donors (Lipinski definition) is 1. The van der Waals surface area contributed by atoms with Crippen LogP contribution in [-0.4, -0.2) is 28.2 Å². The van der Waals surface area contributed by atoms with Crippen molar-refractivity contribution in [3.63, 3.8) is 0 Å². The van der Waals surface area contributed by atoms with Gasteiger partial charge in [-0.2, -0.15) is 0 Å². The fourth-order valence-electron chi connectivity index (χ4n) is 1.91. The van der Waals surface area contributed by atoms with Crippen molar-refractivity contribution in [3.8, 4) is 0 Å². The molecule has 0 bridgehead atoms. The van der Waals surface area contributed by atoms with Gasteiger partial charge in [0.15, 0.2) is 0 Å². The molecule has 0 radical (unpaired) electrons. The monoisotopic (exact) mass is 273 g/mol. The molecule has 1 heterocycles. The van der Waals surface area contributed by atoms with E-state index < -0.39 is 15.8 Å². The maximum absolute atomic E-state index is 12.7. The molecule has 1 atom stereocenters. The van der Waals surface area contributed by atoms with Crippen LogP contribution in [0.4, 0.5) is 4.39 Å². The van der Waals surface area contributed by atoms with Crippen molar-refractivity contribution in [2.45, 2.75) is 17.7 Å². The summed E-state index contributed by atoms with van der Waals surface area (Å²) in [5, 5.41) is 0. The first-order chi connectivity index (χ1) is 8.58. The van der Waals surface area contributed by atoms with Crippen LogP contribution in [0.3, 0.4) is 0 Å². The molecule has 1 N–H and O–H groups in total.